The SMILES string of the molecule is CC(C)(C)OC(=O)N[C@@H]1CCCC[C@H]1NC1CCCN(c2ncc([N+](=O)[O-])cn2)C1. The van der Waals surface area contributed by atoms with Gasteiger partial charge in [0, 0.05) is 31.2 Å². The average molecular weight is 421 g/mol. The third kappa shape index (κ3) is 6.25. The summed E-state index contributed by atoms with van der Waals surface area (Å²) in [5.74, 6) is 0.513. The van der Waals surface area contributed by atoms with Crippen LogP contribution in [0.5, 0.6) is 0 Å². The van der Waals surface area contributed by atoms with E-state index in [0.29, 0.717) is 5.95 Å². The Hall–Kier alpha value is -2.49. The number of aromatic nitrogens is 2. The molecule has 166 valence electrons. The van der Waals surface area contributed by atoms with Gasteiger partial charge in [-0.2, -0.15) is 0 Å². The summed E-state index contributed by atoms with van der Waals surface area (Å²) in [6.45, 7) is 7.13. The van der Waals surface area contributed by atoms with E-state index < -0.39 is 10.5 Å². The van der Waals surface area contributed by atoms with Crippen LogP contribution in [0.1, 0.15) is 59.3 Å². The van der Waals surface area contributed by atoms with Gasteiger partial charge < -0.3 is 20.3 Å². The predicted molar refractivity (Wildman–Crippen MR) is 112 cm³/mol. The topological polar surface area (TPSA) is 123 Å². The van der Waals surface area contributed by atoms with Crippen molar-refractivity contribution in [2.45, 2.75) is 83.0 Å². The van der Waals surface area contributed by atoms with Gasteiger partial charge in [-0.3, -0.25) is 10.1 Å². The predicted octanol–water partition coefficient (Wildman–Crippen LogP) is 2.78. The number of ether oxygens (including phenoxy) is 1. The lowest BCUT2D eigenvalue weighted by Crippen LogP contribution is -2.57. The van der Waals surface area contributed by atoms with Gasteiger partial charge in [0.25, 0.3) is 0 Å². The minimum Gasteiger partial charge on any atom is -0.444 e. The first-order valence-electron chi connectivity index (χ1n) is 10.7. The molecule has 1 amide bonds. The first-order valence-corrected chi connectivity index (χ1v) is 10.7. The van der Waals surface area contributed by atoms with Crippen LogP contribution in [0.2, 0.25) is 0 Å². The van der Waals surface area contributed by atoms with Gasteiger partial charge in [0.05, 0.1) is 4.92 Å². The minimum absolute atomic E-state index is 0.0413. The van der Waals surface area contributed by atoms with Crippen LogP contribution in [0.3, 0.4) is 0 Å². The second-order valence-corrected chi connectivity index (χ2v) is 9.09. The van der Waals surface area contributed by atoms with E-state index in [-0.39, 0.29) is 29.9 Å². The number of nitro groups is 1. The molecule has 30 heavy (non-hydrogen) atoms. The molecule has 1 aliphatic carbocycles. The van der Waals surface area contributed by atoms with E-state index >= 15 is 0 Å². The summed E-state index contributed by atoms with van der Waals surface area (Å²) in [6.07, 6.45) is 8.30. The number of carbonyl (C=O) groups is 1. The van der Waals surface area contributed by atoms with Crippen molar-refractivity contribution >= 4 is 17.7 Å². The largest absolute Gasteiger partial charge is 0.444 e. The van der Waals surface area contributed by atoms with Gasteiger partial charge in [0.15, 0.2) is 0 Å². The summed E-state index contributed by atoms with van der Waals surface area (Å²) in [5.41, 5.74) is -0.625. The zero-order valence-corrected chi connectivity index (χ0v) is 18.0. The molecule has 10 heteroatoms. The first kappa shape index (κ1) is 22.2. The lowest BCUT2D eigenvalue weighted by atomic mass is 9.89. The molecule has 2 heterocycles. The van der Waals surface area contributed by atoms with Crippen molar-refractivity contribution in [1.82, 2.24) is 20.6 Å². The smallest absolute Gasteiger partial charge is 0.407 e. The Morgan fingerprint density at radius 2 is 1.83 bits per heavy atom. The molecule has 2 aliphatic rings. The molecule has 0 radical (unpaired) electrons. The van der Waals surface area contributed by atoms with Crippen molar-refractivity contribution in [3.63, 3.8) is 0 Å². The molecule has 1 unspecified atom stereocenters. The molecule has 3 atom stereocenters. The van der Waals surface area contributed by atoms with Gasteiger partial charge in [-0.1, -0.05) is 12.8 Å². The second-order valence-electron chi connectivity index (χ2n) is 9.09. The van der Waals surface area contributed by atoms with Gasteiger partial charge >= 0.3 is 11.8 Å². The van der Waals surface area contributed by atoms with Gasteiger partial charge in [0.1, 0.15) is 18.0 Å². The van der Waals surface area contributed by atoms with Gasteiger partial charge in [0.2, 0.25) is 5.95 Å². The van der Waals surface area contributed by atoms with Crippen LogP contribution in [-0.4, -0.2) is 57.8 Å². The summed E-state index contributed by atoms with van der Waals surface area (Å²) < 4.78 is 5.43. The second kappa shape index (κ2) is 9.55. The molecule has 1 aliphatic heterocycles. The summed E-state index contributed by atoms with van der Waals surface area (Å²) >= 11 is 0. The summed E-state index contributed by atoms with van der Waals surface area (Å²) in [6, 6.07) is 0.470. The minimum atomic E-state index is -0.518. The maximum Gasteiger partial charge on any atom is 0.407 e. The molecule has 2 N–H and O–H groups in total. The summed E-state index contributed by atoms with van der Waals surface area (Å²) in [4.78, 5) is 32.9. The quantitative estimate of drug-likeness (QED) is 0.551. The Labute approximate surface area is 176 Å². The zero-order valence-electron chi connectivity index (χ0n) is 18.0. The molecule has 0 spiro atoms. The standard InChI is InChI=1S/C20H32N6O4/c1-20(2,3)30-19(27)24-17-9-5-4-8-16(17)23-14-7-6-10-25(13-14)18-21-11-15(12-22-18)26(28)29/h11-12,14,16-17,23H,4-10,13H2,1-3H3,(H,24,27)/t14?,16-,17-/m1/s1. The van der Waals surface area contributed by atoms with E-state index in [9.17, 15) is 14.9 Å². The monoisotopic (exact) mass is 420 g/mol. The molecule has 1 saturated heterocycles. The zero-order chi connectivity index (χ0) is 21.7. The van der Waals surface area contributed by atoms with E-state index in [2.05, 4.69) is 25.5 Å². The van der Waals surface area contributed by atoms with Crippen molar-refractivity contribution in [3.8, 4) is 0 Å². The summed E-state index contributed by atoms with van der Waals surface area (Å²) in [5, 5.41) is 17.6. The molecule has 1 saturated carbocycles. The van der Waals surface area contributed by atoms with Crippen molar-refractivity contribution in [1.29, 1.82) is 0 Å². The van der Waals surface area contributed by atoms with Crippen molar-refractivity contribution in [2.75, 3.05) is 18.0 Å². The highest BCUT2D eigenvalue weighted by atomic mass is 16.6. The summed E-state index contributed by atoms with van der Waals surface area (Å²) in [7, 11) is 0. The molecular formula is C20H32N6O4. The van der Waals surface area contributed by atoms with Crippen LogP contribution in [-0.2, 0) is 4.74 Å². The van der Waals surface area contributed by atoms with Crippen LogP contribution >= 0.6 is 0 Å². The number of hydrogen-bond donors (Lipinski definition) is 2. The molecule has 1 aromatic rings. The van der Waals surface area contributed by atoms with Crippen molar-refractivity contribution in [2.24, 2.45) is 0 Å². The fourth-order valence-corrected chi connectivity index (χ4v) is 4.13. The number of nitrogens with one attached hydrogen (secondary N) is 2. The molecule has 0 bridgehead atoms. The number of hydrogen-bond acceptors (Lipinski definition) is 8. The molecular weight excluding hydrogens is 388 g/mol. The van der Waals surface area contributed by atoms with E-state index in [1.807, 2.05) is 20.8 Å². The highest BCUT2D eigenvalue weighted by Gasteiger charge is 2.31. The Kier molecular flexibility index (Phi) is 7.06. The highest BCUT2D eigenvalue weighted by Crippen LogP contribution is 2.23. The Balaban J connectivity index is 1.58. The average Bonchev–Trinajstić information content (AvgIpc) is 2.68. The molecule has 10 nitrogen and oxygen atoms in total. The Morgan fingerprint density at radius 1 is 1.17 bits per heavy atom. The molecule has 0 aromatic carbocycles. The first-order chi connectivity index (χ1) is 14.2. The third-order valence-corrected chi connectivity index (χ3v) is 5.46. The molecule has 3 rings (SSSR count). The van der Waals surface area contributed by atoms with Crippen molar-refractivity contribution in [3.05, 3.63) is 22.5 Å². The van der Waals surface area contributed by atoms with Crippen LogP contribution in [0.25, 0.3) is 0 Å². The fraction of sp³-hybridized carbons (Fsp3) is 0.750. The van der Waals surface area contributed by atoms with Crippen LogP contribution < -0.4 is 15.5 Å². The van der Waals surface area contributed by atoms with Gasteiger partial charge in [-0.25, -0.2) is 14.8 Å². The maximum absolute atomic E-state index is 12.2. The maximum atomic E-state index is 12.2. The van der Waals surface area contributed by atoms with E-state index in [0.717, 1.165) is 51.6 Å². The number of piperidine rings is 1. The third-order valence-electron chi connectivity index (χ3n) is 5.46. The number of nitrogens with zero attached hydrogens (tertiary/aromatic N) is 4. The van der Waals surface area contributed by atoms with Crippen LogP contribution in [0, 0.1) is 10.1 Å². The number of amides is 1. The van der Waals surface area contributed by atoms with E-state index in [1.165, 1.54) is 12.4 Å². The van der Waals surface area contributed by atoms with E-state index in [4.69, 9.17) is 4.74 Å². The molecule has 2 fully saturated rings. The number of rotatable bonds is 5. The Bertz CT molecular complexity index is 736. The van der Waals surface area contributed by atoms with E-state index in [1.54, 1.807) is 0 Å². The van der Waals surface area contributed by atoms with Gasteiger partial charge in [-0.15, -0.1) is 0 Å². The lowest BCUT2D eigenvalue weighted by Gasteiger charge is -2.39. The van der Waals surface area contributed by atoms with Crippen molar-refractivity contribution < 1.29 is 14.5 Å². The number of alkyl carbamates (subject to hydrolysis) is 1. The lowest BCUT2D eigenvalue weighted by molar-refractivity contribution is -0.385. The Morgan fingerprint density at radius 3 is 2.47 bits per heavy atom. The van der Waals surface area contributed by atoms with Crippen LogP contribution in [0.4, 0.5) is 16.4 Å². The highest BCUT2D eigenvalue weighted by molar-refractivity contribution is 5.68. The van der Waals surface area contributed by atoms with Gasteiger partial charge in [-0.05, 0) is 46.5 Å². The number of anilines is 1. The number of carbonyl (C=O) groups excluding carboxylic acids is 1. The molecule has 1 aromatic heterocycles. The fourth-order valence-electron chi connectivity index (χ4n) is 4.13. The van der Waals surface area contributed by atoms with Crippen LogP contribution in [0.15, 0.2) is 12.4 Å². The normalized spacial score (nSPS) is 24.9.